The number of nitrogens with one attached hydrogen (secondary N) is 1. The zero-order valence-electron chi connectivity index (χ0n) is 17.0. The highest BCUT2D eigenvalue weighted by Gasteiger charge is 2.41. The van der Waals surface area contributed by atoms with Crippen LogP contribution in [-0.4, -0.2) is 41.8 Å². The van der Waals surface area contributed by atoms with Crippen LogP contribution < -0.4 is 15.6 Å². The summed E-state index contributed by atoms with van der Waals surface area (Å²) in [4.78, 5) is 26.4. The van der Waals surface area contributed by atoms with E-state index in [0.29, 0.717) is 24.3 Å². The van der Waals surface area contributed by atoms with Crippen molar-refractivity contribution in [1.82, 2.24) is 9.88 Å². The molecule has 6 nitrogen and oxygen atoms in total. The second kappa shape index (κ2) is 6.71. The highest BCUT2D eigenvalue weighted by atomic mass is 35.5. The fourth-order valence-electron chi connectivity index (χ4n) is 4.56. The Kier molecular flexibility index (Phi) is 4.66. The van der Waals surface area contributed by atoms with Gasteiger partial charge < -0.3 is 19.9 Å². The van der Waals surface area contributed by atoms with Crippen LogP contribution in [0.1, 0.15) is 48.7 Å². The number of hydrogen-bond acceptors (Lipinski definition) is 4. The van der Waals surface area contributed by atoms with E-state index in [4.69, 9.17) is 11.6 Å². The number of aryl methyl sites for hydroxylation is 1. The quantitative estimate of drug-likeness (QED) is 0.789. The summed E-state index contributed by atoms with van der Waals surface area (Å²) in [5.74, 6) is -1.87. The van der Waals surface area contributed by atoms with E-state index in [1.807, 2.05) is 11.9 Å². The van der Waals surface area contributed by atoms with E-state index < -0.39 is 17.2 Å². The van der Waals surface area contributed by atoms with Gasteiger partial charge in [0.2, 0.25) is 5.43 Å². The molecule has 1 saturated carbocycles. The van der Waals surface area contributed by atoms with Gasteiger partial charge in [-0.05, 0) is 32.2 Å². The van der Waals surface area contributed by atoms with Crippen molar-refractivity contribution in [2.24, 2.45) is 5.41 Å². The van der Waals surface area contributed by atoms with E-state index in [1.165, 1.54) is 13.1 Å². The third-order valence-electron chi connectivity index (χ3n) is 6.34. The first-order valence-electron chi connectivity index (χ1n) is 9.80. The molecule has 2 heterocycles. The summed E-state index contributed by atoms with van der Waals surface area (Å²) < 4.78 is 17.3. The second-order valence-electron chi connectivity index (χ2n) is 8.85. The SMILES string of the molecule is CNC1CN(c2c(F)c(C)c3c(=O)c(C(=O)O)cn(C4CC4)c3c2Cl)CC1(C)C. The van der Waals surface area contributed by atoms with Crippen molar-refractivity contribution in [2.75, 3.05) is 25.0 Å². The van der Waals surface area contributed by atoms with Crippen LogP contribution in [0.25, 0.3) is 10.9 Å². The van der Waals surface area contributed by atoms with E-state index in [-0.39, 0.29) is 39.0 Å². The van der Waals surface area contributed by atoms with Crippen LogP contribution in [-0.2, 0) is 0 Å². The van der Waals surface area contributed by atoms with Crippen molar-refractivity contribution in [2.45, 2.75) is 45.7 Å². The first-order chi connectivity index (χ1) is 13.6. The lowest BCUT2D eigenvalue weighted by Gasteiger charge is -2.26. The zero-order chi connectivity index (χ0) is 21.2. The molecule has 2 aromatic rings. The zero-order valence-corrected chi connectivity index (χ0v) is 17.7. The number of nitrogens with zero attached hydrogens (tertiary/aromatic N) is 2. The number of hydrogen-bond donors (Lipinski definition) is 2. The van der Waals surface area contributed by atoms with E-state index in [1.54, 1.807) is 4.57 Å². The van der Waals surface area contributed by atoms with Gasteiger partial charge in [0.25, 0.3) is 0 Å². The number of aromatic carboxylic acids is 1. The minimum absolute atomic E-state index is 0.0617. The fraction of sp³-hybridized carbons (Fsp3) is 0.524. The first-order valence-corrected chi connectivity index (χ1v) is 10.2. The van der Waals surface area contributed by atoms with Gasteiger partial charge in [-0.25, -0.2) is 9.18 Å². The summed E-state index contributed by atoms with van der Waals surface area (Å²) in [7, 11) is 1.89. The monoisotopic (exact) mass is 421 g/mol. The average molecular weight is 422 g/mol. The number of aromatic nitrogens is 1. The molecule has 156 valence electrons. The molecule has 1 aliphatic heterocycles. The number of carboxylic acid groups (broad SMARTS) is 1. The van der Waals surface area contributed by atoms with Crippen molar-refractivity contribution in [3.05, 3.63) is 38.4 Å². The lowest BCUT2D eigenvalue weighted by atomic mass is 9.88. The highest BCUT2D eigenvalue weighted by molar-refractivity contribution is 6.38. The van der Waals surface area contributed by atoms with Gasteiger partial charge >= 0.3 is 5.97 Å². The number of pyridine rings is 1. The normalized spacial score (nSPS) is 21.2. The van der Waals surface area contributed by atoms with Crippen LogP contribution in [0.5, 0.6) is 0 Å². The number of fused-ring (bicyclic) bond motifs is 1. The largest absolute Gasteiger partial charge is 0.477 e. The Morgan fingerprint density at radius 2 is 2.03 bits per heavy atom. The molecule has 1 unspecified atom stereocenters. The molecule has 1 atom stereocenters. The maximum absolute atomic E-state index is 15.5. The minimum Gasteiger partial charge on any atom is -0.477 e. The van der Waals surface area contributed by atoms with Crippen LogP contribution in [0.3, 0.4) is 0 Å². The van der Waals surface area contributed by atoms with Crippen LogP contribution in [0, 0.1) is 18.2 Å². The maximum atomic E-state index is 15.5. The Morgan fingerprint density at radius 1 is 1.38 bits per heavy atom. The maximum Gasteiger partial charge on any atom is 0.341 e. The molecule has 2 N–H and O–H groups in total. The highest BCUT2D eigenvalue weighted by Crippen LogP contribution is 2.45. The van der Waals surface area contributed by atoms with E-state index in [0.717, 1.165) is 12.8 Å². The standard InChI is InChI=1S/C21H25ClFN3O3/c1-10-14-17(26(11-5-6-11)7-12(19(14)27)20(28)29)15(22)18(16(10)23)25-8-13(24-4)21(2,3)9-25/h7,11,13,24H,5-6,8-9H2,1-4H3,(H,28,29). The van der Waals surface area contributed by atoms with Crippen LogP contribution in [0.2, 0.25) is 5.02 Å². The van der Waals surface area contributed by atoms with Crippen molar-refractivity contribution < 1.29 is 14.3 Å². The van der Waals surface area contributed by atoms with Gasteiger partial charge in [0.1, 0.15) is 5.56 Å². The molecule has 0 amide bonds. The Balaban J connectivity index is 2.02. The predicted molar refractivity (Wildman–Crippen MR) is 112 cm³/mol. The third kappa shape index (κ3) is 3.02. The van der Waals surface area contributed by atoms with Gasteiger partial charge in [-0.1, -0.05) is 25.4 Å². The number of rotatable bonds is 4. The number of carboxylic acids is 1. The predicted octanol–water partition coefficient (Wildman–Crippen LogP) is 3.57. The number of likely N-dealkylation sites (N-methyl/N-ethyl adjacent to an activating group) is 1. The van der Waals surface area contributed by atoms with Gasteiger partial charge in [0.15, 0.2) is 5.82 Å². The summed E-state index contributed by atoms with van der Waals surface area (Å²) in [6.07, 6.45) is 3.11. The molecule has 1 aromatic heterocycles. The number of benzene rings is 1. The summed E-state index contributed by atoms with van der Waals surface area (Å²) in [6.45, 7) is 6.96. The van der Waals surface area contributed by atoms with Crippen molar-refractivity contribution in [1.29, 1.82) is 0 Å². The number of anilines is 1. The van der Waals surface area contributed by atoms with Crippen molar-refractivity contribution in [3.63, 3.8) is 0 Å². The molecule has 2 fully saturated rings. The van der Waals surface area contributed by atoms with Gasteiger partial charge in [-0.3, -0.25) is 4.79 Å². The van der Waals surface area contributed by atoms with Crippen molar-refractivity contribution >= 4 is 34.2 Å². The molecular formula is C21H25ClFN3O3. The molecule has 29 heavy (non-hydrogen) atoms. The van der Waals surface area contributed by atoms with E-state index in [9.17, 15) is 14.7 Å². The minimum atomic E-state index is -1.32. The lowest BCUT2D eigenvalue weighted by Crippen LogP contribution is -2.38. The second-order valence-corrected chi connectivity index (χ2v) is 9.23. The summed E-state index contributed by atoms with van der Waals surface area (Å²) in [5.41, 5.74) is -0.260. The van der Waals surface area contributed by atoms with Gasteiger partial charge in [0.05, 0.1) is 21.6 Å². The van der Waals surface area contributed by atoms with Gasteiger partial charge in [0, 0.05) is 36.9 Å². The Bertz CT molecular complexity index is 1090. The molecule has 1 aromatic carbocycles. The van der Waals surface area contributed by atoms with E-state index >= 15 is 4.39 Å². The molecule has 1 aliphatic carbocycles. The number of carbonyl (C=O) groups is 1. The lowest BCUT2D eigenvalue weighted by molar-refractivity contribution is 0.0695. The molecule has 8 heteroatoms. The Labute approximate surface area is 173 Å². The molecule has 4 rings (SSSR count). The molecule has 2 aliphatic rings. The van der Waals surface area contributed by atoms with Crippen LogP contribution >= 0.6 is 11.6 Å². The van der Waals surface area contributed by atoms with Gasteiger partial charge in [-0.15, -0.1) is 0 Å². The Morgan fingerprint density at radius 3 is 2.55 bits per heavy atom. The average Bonchev–Trinajstić information content (AvgIpc) is 3.43. The topological polar surface area (TPSA) is 74.6 Å². The summed E-state index contributed by atoms with van der Waals surface area (Å²) >= 11 is 6.75. The molecule has 0 radical (unpaired) electrons. The molecule has 0 spiro atoms. The Hall–Kier alpha value is -2.12. The van der Waals surface area contributed by atoms with Gasteiger partial charge in [-0.2, -0.15) is 0 Å². The molecule has 1 saturated heterocycles. The number of halogens is 2. The summed E-state index contributed by atoms with van der Waals surface area (Å²) in [5, 5.41) is 13.0. The van der Waals surface area contributed by atoms with Crippen LogP contribution in [0.15, 0.2) is 11.0 Å². The first kappa shape index (κ1) is 20.2. The third-order valence-corrected chi connectivity index (χ3v) is 6.70. The van der Waals surface area contributed by atoms with E-state index in [2.05, 4.69) is 19.2 Å². The fourth-order valence-corrected chi connectivity index (χ4v) is 4.95. The van der Waals surface area contributed by atoms with Crippen LogP contribution in [0.4, 0.5) is 10.1 Å². The van der Waals surface area contributed by atoms with Crippen molar-refractivity contribution in [3.8, 4) is 0 Å². The molecular weight excluding hydrogens is 397 g/mol. The summed E-state index contributed by atoms with van der Waals surface area (Å²) in [6, 6.07) is 0.237. The molecule has 0 bridgehead atoms. The smallest absolute Gasteiger partial charge is 0.341 e.